The van der Waals surface area contributed by atoms with Gasteiger partial charge in [-0.2, -0.15) is 0 Å². The molecule has 6 heteroatoms. The number of nitrogens with one attached hydrogen (secondary N) is 2. The van der Waals surface area contributed by atoms with Crippen LogP contribution >= 0.6 is 11.6 Å². The normalized spacial score (nSPS) is 22.5. The van der Waals surface area contributed by atoms with Crippen molar-refractivity contribution in [3.8, 4) is 0 Å². The van der Waals surface area contributed by atoms with Crippen molar-refractivity contribution in [1.29, 1.82) is 0 Å². The molecule has 1 aromatic rings. The van der Waals surface area contributed by atoms with E-state index in [0.717, 1.165) is 24.4 Å². The average molecular weight is 358 g/mol. The predicted molar refractivity (Wildman–Crippen MR) is 96.0 cm³/mol. The number of hydrogen-bond acceptors (Lipinski definition) is 2. The molecule has 0 unspecified atom stereocenters. The molecule has 1 heterocycles. The Morgan fingerprint density at radius 1 is 1.26 bits per heavy atom. The molecule has 1 aliphatic heterocycles. The van der Waals surface area contributed by atoms with Gasteiger partial charge in [0.05, 0.1) is 19.6 Å². The molecule has 2 rings (SSSR count). The summed E-state index contributed by atoms with van der Waals surface area (Å²) < 4.78 is 26.5. The topological polar surface area (TPSA) is 50.6 Å². The summed E-state index contributed by atoms with van der Waals surface area (Å²) >= 11 is 5.80. The van der Waals surface area contributed by atoms with Gasteiger partial charge < -0.3 is 4.90 Å². The van der Waals surface area contributed by atoms with Crippen LogP contribution in [0.4, 0.5) is 0 Å². The molecule has 1 aliphatic rings. The minimum atomic E-state index is -3.37. The maximum Gasteiger partial charge on any atom is 0.233 e. The molecule has 2 N–H and O–H groups in total. The molecule has 0 bridgehead atoms. The van der Waals surface area contributed by atoms with E-state index in [2.05, 4.69) is 11.6 Å². The quantitative estimate of drug-likeness (QED) is 0.733. The van der Waals surface area contributed by atoms with Crippen molar-refractivity contribution >= 4 is 27.7 Å². The van der Waals surface area contributed by atoms with Crippen molar-refractivity contribution in [2.24, 2.45) is 5.92 Å². The lowest BCUT2D eigenvalue weighted by molar-refractivity contribution is -0.906. The zero-order chi connectivity index (χ0) is 16.7. The number of halogens is 1. The lowest BCUT2D eigenvalue weighted by atomic mass is 9.99. The summed E-state index contributed by atoms with van der Waals surface area (Å²) in [6.07, 6.45) is 5.02. The SMILES string of the molecule is CC1CC[NH+](CCCNS(=O)(=O)/C=C/c2ccc(Cl)cc2)CC1. The second-order valence-electron chi connectivity index (χ2n) is 6.33. The predicted octanol–water partition coefficient (Wildman–Crippen LogP) is 1.94. The van der Waals surface area contributed by atoms with Crippen molar-refractivity contribution in [3.63, 3.8) is 0 Å². The van der Waals surface area contributed by atoms with Crippen LogP contribution in [0.25, 0.3) is 6.08 Å². The molecule has 0 radical (unpaired) electrons. The summed E-state index contributed by atoms with van der Waals surface area (Å²) in [5.74, 6) is 0.843. The molecule has 0 aliphatic carbocycles. The summed E-state index contributed by atoms with van der Waals surface area (Å²) in [4.78, 5) is 1.60. The van der Waals surface area contributed by atoms with Crippen molar-refractivity contribution in [3.05, 3.63) is 40.3 Å². The van der Waals surface area contributed by atoms with E-state index >= 15 is 0 Å². The largest absolute Gasteiger partial charge is 0.335 e. The van der Waals surface area contributed by atoms with Crippen molar-refractivity contribution in [1.82, 2.24) is 4.72 Å². The zero-order valence-corrected chi connectivity index (χ0v) is 15.2. The third-order valence-corrected chi connectivity index (χ3v) is 5.65. The third kappa shape index (κ3) is 7.04. The van der Waals surface area contributed by atoms with Crippen LogP contribution in [0, 0.1) is 5.92 Å². The fourth-order valence-electron chi connectivity index (χ4n) is 2.76. The summed E-state index contributed by atoms with van der Waals surface area (Å²) in [5.41, 5.74) is 0.812. The van der Waals surface area contributed by atoms with E-state index in [1.165, 1.54) is 31.3 Å². The van der Waals surface area contributed by atoms with Crippen molar-refractivity contribution < 1.29 is 13.3 Å². The number of rotatable bonds is 7. The molecule has 1 fully saturated rings. The monoisotopic (exact) mass is 357 g/mol. The lowest BCUT2D eigenvalue weighted by Gasteiger charge is -2.27. The van der Waals surface area contributed by atoms with Gasteiger partial charge in [-0.05, 0) is 42.5 Å². The highest BCUT2D eigenvalue weighted by atomic mass is 35.5. The Morgan fingerprint density at radius 3 is 2.57 bits per heavy atom. The van der Waals surface area contributed by atoms with Crippen LogP contribution < -0.4 is 9.62 Å². The average Bonchev–Trinajstić information content (AvgIpc) is 2.53. The van der Waals surface area contributed by atoms with Gasteiger partial charge in [0, 0.05) is 23.4 Å². The number of hydrogen-bond donors (Lipinski definition) is 2. The molecule has 1 aromatic carbocycles. The molecular weight excluding hydrogens is 332 g/mol. The van der Waals surface area contributed by atoms with E-state index in [4.69, 9.17) is 11.6 Å². The number of piperidine rings is 1. The number of likely N-dealkylation sites (tertiary alicyclic amines) is 1. The van der Waals surface area contributed by atoms with Gasteiger partial charge in [-0.25, -0.2) is 13.1 Å². The Morgan fingerprint density at radius 2 is 1.91 bits per heavy atom. The smallest absolute Gasteiger partial charge is 0.233 e. The van der Waals surface area contributed by atoms with E-state index in [1.807, 2.05) is 0 Å². The van der Waals surface area contributed by atoms with Crippen LogP contribution in [-0.4, -0.2) is 34.6 Å². The van der Waals surface area contributed by atoms with Crippen LogP contribution in [0.15, 0.2) is 29.7 Å². The maximum atomic E-state index is 11.9. The van der Waals surface area contributed by atoms with Gasteiger partial charge in [0.15, 0.2) is 0 Å². The van der Waals surface area contributed by atoms with E-state index in [0.29, 0.717) is 11.6 Å². The highest BCUT2D eigenvalue weighted by molar-refractivity contribution is 7.92. The Bertz CT molecular complexity index is 606. The number of quaternary nitrogens is 1. The third-order valence-electron chi connectivity index (χ3n) is 4.30. The fraction of sp³-hybridized carbons (Fsp3) is 0.529. The molecule has 0 amide bonds. The molecule has 23 heavy (non-hydrogen) atoms. The van der Waals surface area contributed by atoms with Gasteiger partial charge in [-0.1, -0.05) is 30.7 Å². The molecule has 1 saturated heterocycles. The second-order valence-corrected chi connectivity index (χ2v) is 8.42. The van der Waals surface area contributed by atoms with Crippen LogP contribution in [0.3, 0.4) is 0 Å². The van der Waals surface area contributed by atoms with Gasteiger partial charge in [0.25, 0.3) is 0 Å². The molecule has 0 atom stereocenters. The first-order valence-corrected chi connectivity index (χ1v) is 10.1. The molecule has 128 valence electrons. The van der Waals surface area contributed by atoms with Crippen LogP contribution in [0.1, 0.15) is 31.7 Å². The summed E-state index contributed by atoms with van der Waals surface area (Å²) in [6.45, 7) is 6.26. The molecule has 0 saturated carbocycles. The van der Waals surface area contributed by atoms with E-state index in [9.17, 15) is 8.42 Å². The molecule has 0 aromatic heterocycles. The highest BCUT2D eigenvalue weighted by Gasteiger charge is 2.18. The lowest BCUT2D eigenvalue weighted by Crippen LogP contribution is -3.13. The van der Waals surface area contributed by atoms with Gasteiger partial charge in [-0.15, -0.1) is 0 Å². The Balaban J connectivity index is 1.70. The van der Waals surface area contributed by atoms with Gasteiger partial charge >= 0.3 is 0 Å². The minimum absolute atomic E-state index is 0.492. The summed E-state index contributed by atoms with van der Waals surface area (Å²) in [6, 6.07) is 7.05. The first-order valence-electron chi connectivity index (χ1n) is 8.21. The maximum absolute atomic E-state index is 11.9. The molecule has 0 spiro atoms. The van der Waals surface area contributed by atoms with Gasteiger partial charge in [-0.3, -0.25) is 0 Å². The number of benzene rings is 1. The van der Waals surface area contributed by atoms with Crippen LogP contribution in [0.5, 0.6) is 0 Å². The highest BCUT2D eigenvalue weighted by Crippen LogP contribution is 2.11. The van der Waals surface area contributed by atoms with E-state index in [-0.39, 0.29) is 0 Å². The zero-order valence-electron chi connectivity index (χ0n) is 13.6. The van der Waals surface area contributed by atoms with E-state index < -0.39 is 10.0 Å². The number of sulfonamides is 1. The van der Waals surface area contributed by atoms with Crippen molar-refractivity contribution in [2.45, 2.75) is 26.2 Å². The first kappa shape index (κ1) is 18.5. The standard InChI is InChI=1S/C17H25ClN2O2S/c1-15-7-12-20(13-8-15)11-2-10-19-23(21,22)14-9-16-3-5-17(18)6-4-16/h3-6,9,14-15,19H,2,7-8,10-13H2,1H3/p+1/b14-9+. The molecule has 4 nitrogen and oxygen atoms in total. The van der Waals surface area contributed by atoms with E-state index in [1.54, 1.807) is 35.2 Å². The molecular formula is C17H26ClN2O2S+. The van der Waals surface area contributed by atoms with Crippen LogP contribution in [0.2, 0.25) is 5.02 Å². The Hall–Kier alpha value is -0.880. The first-order chi connectivity index (χ1) is 10.9. The van der Waals surface area contributed by atoms with Crippen molar-refractivity contribution in [2.75, 3.05) is 26.2 Å². The summed E-state index contributed by atoms with van der Waals surface area (Å²) in [7, 11) is -3.37. The van der Waals surface area contributed by atoms with Gasteiger partial charge in [0.1, 0.15) is 0 Å². The Labute approximate surface area is 144 Å². The summed E-state index contributed by atoms with van der Waals surface area (Å²) in [5, 5.41) is 1.85. The second kappa shape index (κ2) is 8.83. The minimum Gasteiger partial charge on any atom is -0.335 e. The van der Waals surface area contributed by atoms with Crippen LogP contribution in [-0.2, 0) is 10.0 Å². The fourth-order valence-corrected chi connectivity index (χ4v) is 3.75. The Kier molecular flexibility index (Phi) is 7.09. The van der Waals surface area contributed by atoms with Gasteiger partial charge in [0.2, 0.25) is 10.0 Å².